The molecule has 0 bridgehead atoms. The fraction of sp³-hybridized carbons (Fsp3) is 0.250. The molecular weight excluding hydrogens is 366 g/mol. The van der Waals surface area contributed by atoms with Gasteiger partial charge in [-0.1, -0.05) is 17.3 Å². The third-order valence-corrected chi connectivity index (χ3v) is 3.85. The summed E-state index contributed by atoms with van der Waals surface area (Å²) in [5, 5.41) is 13.9. The van der Waals surface area contributed by atoms with Gasteiger partial charge in [-0.25, -0.2) is 13.5 Å². The lowest BCUT2D eigenvalue weighted by molar-refractivity contribution is 0.101. The number of carbonyl (C=O) groups excluding carboxylic acids is 1. The Bertz CT molecular complexity index is 936. The van der Waals surface area contributed by atoms with E-state index in [1.807, 2.05) is 0 Å². The lowest BCUT2D eigenvalue weighted by Crippen LogP contribution is -2.15. The van der Waals surface area contributed by atoms with Crippen LogP contribution in [0.4, 0.5) is 14.5 Å². The molecule has 2 heterocycles. The van der Waals surface area contributed by atoms with Crippen LogP contribution >= 0.6 is 11.6 Å². The summed E-state index contributed by atoms with van der Waals surface area (Å²) in [5.74, 6) is -0.688. The lowest BCUT2D eigenvalue weighted by Gasteiger charge is -2.10. The summed E-state index contributed by atoms with van der Waals surface area (Å²) in [7, 11) is 1.47. The minimum Gasteiger partial charge on any atom is -0.320 e. The number of rotatable bonds is 5. The van der Waals surface area contributed by atoms with E-state index in [9.17, 15) is 13.6 Å². The zero-order valence-electron chi connectivity index (χ0n) is 13.9. The van der Waals surface area contributed by atoms with Crippen molar-refractivity contribution in [3.8, 4) is 5.69 Å². The van der Waals surface area contributed by atoms with Crippen LogP contribution in [0, 0.1) is 0 Å². The second kappa shape index (κ2) is 7.20. The maximum atomic E-state index is 13.1. The first-order valence-electron chi connectivity index (χ1n) is 7.65. The predicted octanol–water partition coefficient (Wildman–Crippen LogP) is 3.49. The number of hydrogen-bond donors (Lipinski definition) is 1. The molecule has 3 aromatic rings. The number of anilines is 1. The summed E-state index contributed by atoms with van der Waals surface area (Å²) in [5.41, 5.74) is 0.729. The Morgan fingerprint density at radius 2 is 2.00 bits per heavy atom. The predicted molar refractivity (Wildman–Crippen MR) is 91.7 cm³/mol. The highest BCUT2D eigenvalue weighted by Gasteiger charge is 2.23. The fourth-order valence-electron chi connectivity index (χ4n) is 2.39. The van der Waals surface area contributed by atoms with E-state index in [2.05, 4.69) is 20.7 Å². The fourth-order valence-corrected chi connectivity index (χ4v) is 2.49. The average molecular weight is 381 g/mol. The van der Waals surface area contributed by atoms with Crippen LogP contribution in [0.25, 0.3) is 5.69 Å². The molecule has 0 fully saturated rings. The van der Waals surface area contributed by atoms with Gasteiger partial charge in [0.25, 0.3) is 12.3 Å². The van der Waals surface area contributed by atoms with Crippen molar-refractivity contribution in [3.05, 3.63) is 53.6 Å². The second-order valence-corrected chi connectivity index (χ2v) is 6.23. The highest BCUT2D eigenvalue weighted by atomic mass is 35.5. The molecule has 1 unspecified atom stereocenters. The Hall–Kier alpha value is -2.81. The Morgan fingerprint density at radius 3 is 2.65 bits per heavy atom. The Balaban J connectivity index is 1.92. The third kappa shape index (κ3) is 3.57. The molecule has 0 aliphatic rings. The summed E-state index contributed by atoms with van der Waals surface area (Å²) in [6.07, 6.45) is 0.0368. The first-order valence-corrected chi connectivity index (χ1v) is 8.09. The average Bonchev–Trinajstić information content (AvgIpc) is 3.22. The van der Waals surface area contributed by atoms with E-state index in [1.54, 1.807) is 37.4 Å². The highest BCUT2D eigenvalue weighted by Crippen LogP contribution is 2.25. The van der Waals surface area contributed by atoms with Gasteiger partial charge in [-0.15, -0.1) is 16.7 Å². The van der Waals surface area contributed by atoms with Gasteiger partial charge in [0.15, 0.2) is 0 Å². The first-order chi connectivity index (χ1) is 12.4. The summed E-state index contributed by atoms with van der Waals surface area (Å²) >= 11 is 5.99. The van der Waals surface area contributed by atoms with Gasteiger partial charge in [0, 0.05) is 13.2 Å². The van der Waals surface area contributed by atoms with Crippen molar-refractivity contribution in [1.29, 1.82) is 0 Å². The molecule has 1 N–H and O–H groups in total. The molecule has 0 aliphatic heterocycles. The maximum absolute atomic E-state index is 13.1. The van der Waals surface area contributed by atoms with Crippen LogP contribution in [0.3, 0.4) is 0 Å². The Labute approximate surface area is 152 Å². The summed E-state index contributed by atoms with van der Waals surface area (Å²) in [6.45, 7) is 1.76. The number of aromatic nitrogens is 5. The summed E-state index contributed by atoms with van der Waals surface area (Å²) in [4.78, 5) is 12.5. The van der Waals surface area contributed by atoms with Crippen LogP contribution in [-0.2, 0) is 7.05 Å². The molecule has 0 aliphatic carbocycles. The summed E-state index contributed by atoms with van der Waals surface area (Å²) in [6, 6.07) is 6.81. The molecule has 0 saturated heterocycles. The lowest BCUT2D eigenvalue weighted by atomic mass is 10.2. The minimum absolute atomic E-state index is 0.189. The Kier molecular flexibility index (Phi) is 4.99. The topological polar surface area (TPSA) is 77.6 Å². The van der Waals surface area contributed by atoms with Crippen molar-refractivity contribution in [2.45, 2.75) is 18.7 Å². The van der Waals surface area contributed by atoms with E-state index < -0.39 is 18.0 Å². The van der Waals surface area contributed by atoms with Crippen LogP contribution in [0.5, 0.6) is 0 Å². The maximum Gasteiger partial charge on any atom is 0.282 e. The number of hydrogen-bond acceptors (Lipinski definition) is 4. The van der Waals surface area contributed by atoms with Crippen LogP contribution in [0.1, 0.15) is 40.5 Å². The van der Waals surface area contributed by atoms with Gasteiger partial charge in [-0.2, -0.15) is 5.10 Å². The van der Waals surface area contributed by atoms with E-state index in [1.165, 1.54) is 22.6 Å². The number of aryl methyl sites for hydroxylation is 1. The quantitative estimate of drug-likeness (QED) is 0.687. The molecule has 0 radical (unpaired) electrons. The standard InChI is InChI=1S/C16H15ClF2N6O/c1-9(17)12-8-25(23-21-12)13-6-4-3-5-11(13)20-16(26)10-7-24(2)22-14(10)15(18)19/h3-9,15H,1-2H3,(H,20,26). The van der Waals surface area contributed by atoms with Crippen molar-refractivity contribution in [3.63, 3.8) is 0 Å². The van der Waals surface area contributed by atoms with E-state index >= 15 is 0 Å². The van der Waals surface area contributed by atoms with Gasteiger partial charge in [0.2, 0.25) is 0 Å². The SMILES string of the molecule is CC(Cl)c1cn(-c2ccccc2NC(=O)c2cn(C)nc2C(F)F)nn1. The molecule has 1 atom stereocenters. The van der Waals surface area contributed by atoms with Crippen molar-refractivity contribution in [1.82, 2.24) is 24.8 Å². The van der Waals surface area contributed by atoms with Crippen molar-refractivity contribution >= 4 is 23.2 Å². The molecule has 2 aromatic heterocycles. The number of para-hydroxylation sites is 2. The number of alkyl halides is 3. The molecule has 1 aromatic carbocycles. The second-order valence-electron chi connectivity index (χ2n) is 5.58. The van der Waals surface area contributed by atoms with Crippen LogP contribution in [-0.4, -0.2) is 30.7 Å². The number of nitrogens with zero attached hydrogens (tertiary/aromatic N) is 5. The van der Waals surface area contributed by atoms with Gasteiger partial charge in [-0.05, 0) is 19.1 Å². The van der Waals surface area contributed by atoms with Crippen LogP contribution in [0.15, 0.2) is 36.7 Å². The zero-order valence-corrected chi connectivity index (χ0v) is 14.7. The number of nitrogens with one attached hydrogen (secondary N) is 1. The molecular formula is C16H15ClF2N6O. The molecule has 0 spiro atoms. The monoisotopic (exact) mass is 380 g/mol. The van der Waals surface area contributed by atoms with Gasteiger partial charge < -0.3 is 5.32 Å². The number of carbonyl (C=O) groups is 1. The van der Waals surface area contributed by atoms with E-state index in [0.717, 1.165) is 0 Å². The van der Waals surface area contributed by atoms with E-state index in [4.69, 9.17) is 11.6 Å². The third-order valence-electron chi connectivity index (χ3n) is 3.63. The van der Waals surface area contributed by atoms with Crippen LogP contribution in [0.2, 0.25) is 0 Å². The smallest absolute Gasteiger partial charge is 0.282 e. The zero-order chi connectivity index (χ0) is 18.8. The molecule has 0 saturated carbocycles. The van der Waals surface area contributed by atoms with Crippen molar-refractivity contribution in [2.24, 2.45) is 7.05 Å². The van der Waals surface area contributed by atoms with Crippen molar-refractivity contribution < 1.29 is 13.6 Å². The number of halogens is 3. The molecule has 136 valence electrons. The highest BCUT2D eigenvalue weighted by molar-refractivity contribution is 6.20. The van der Waals surface area contributed by atoms with E-state index in [0.29, 0.717) is 17.1 Å². The number of amides is 1. The molecule has 7 nitrogen and oxygen atoms in total. The van der Waals surface area contributed by atoms with Gasteiger partial charge in [0.05, 0.1) is 28.5 Å². The molecule has 3 rings (SSSR count). The van der Waals surface area contributed by atoms with Gasteiger partial charge >= 0.3 is 0 Å². The molecule has 26 heavy (non-hydrogen) atoms. The van der Waals surface area contributed by atoms with E-state index in [-0.39, 0.29) is 10.9 Å². The largest absolute Gasteiger partial charge is 0.320 e. The molecule has 10 heteroatoms. The summed E-state index contributed by atoms with van der Waals surface area (Å²) < 4.78 is 28.8. The van der Waals surface area contributed by atoms with Crippen LogP contribution < -0.4 is 5.32 Å². The van der Waals surface area contributed by atoms with Gasteiger partial charge in [0.1, 0.15) is 11.4 Å². The molecule has 1 amide bonds. The number of benzene rings is 1. The Morgan fingerprint density at radius 1 is 1.27 bits per heavy atom. The van der Waals surface area contributed by atoms with Gasteiger partial charge in [-0.3, -0.25) is 9.48 Å². The minimum atomic E-state index is -2.85. The normalized spacial score (nSPS) is 12.4. The van der Waals surface area contributed by atoms with Crippen molar-refractivity contribution in [2.75, 3.05) is 5.32 Å². The first kappa shape index (κ1) is 18.0.